The fourth-order valence-electron chi connectivity index (χ4n) is 1.60. The van der Waals surface area contributed by atoms with E-state index < -0.39 is 0 Å². The van der Waals surface area contributed by atoms with Crippen LogP contribution < -0.4 is 10.1 Å². The first kappa shape index (κ1) is 13.5. The first-order valence-electron chi connectivity index (χ1n) is 6.18. The molecule has 0 atom stereocenters. The number of imidazole rings is 1. The van der Waals surface area contributed by atoms with Crippen LogP contribution in [0.4, 0.5) is 5.95 Å². The number of aromatic nitrogens is 7. The van der Waals surface area contributed by atoms with Crippen LogP contribution in [-0.2, 0) is 0 Å². The minimum Gasteiger partial charge on any atom is -0.464 e. The number of rotatable bonds is 5. The Morgan fingerprint density at radius 2 is 2.14 bits per heavy atom. The zero-order valence-corrected chi connectivity index (χ0v) is 12.2. The van der Waals surface area contributed by atoms with Gasteiger partial charge in [-0.3, -0.25) is 0 Å². The quantitative estimate of drug-likeness (QED) is 0.669. The molecule has 0 spiro atoms. The number of H-pyrrole nitrogens is 1. The minimum absolute atomic E-state index is 0.272. The third kappa shape index (κ3) is 2.84. The highest BCUT2D eigenvalue weighted by Gasteiger charge is 2.12. The van der Waals surface area contributed by atoms with Crippen molar-refractivity contribution in [1.29, 1.82) is 0 Å². The van der Waals surface area contributed by atoms with Gasteiger partial charge in [-0.1, -0.05) is 0 Å². The van der Waals surface area contributed by atoms with Crippen molar-refractivity contribution < 1.29 is 4.74 Å². The Kier molecular flexibility index (Phi) is 3.77. The molecule has 0 bridgehead atoms. The van der Waals surface area contributed by atoms with Crippen molar-refractivity contribution in [2.75, 3.05) is 19.0 Å². The Morgan fingerprint density at radius 3 is 2.95 bits per heavy atom. The molecular formula is C11H12N8OS. The number of ether oxygens (including phenoxy) is 1. The van der Waals surface area contributed by atoms with Gasteiger partial charge in [0.1, 0.15) is 16.9 Å². The van der Waals surface area contributed by atoms with E-state index in [9.17, 15) is 0 Å². The lowest BCUT2D eigenvalue weighted by Crippen LogP contribution is -2.04. The Bertz CT molecular complexity index is 761. The highest BCUT2D eigenvalue weighted by Crippen LogP contribution is 2.28. The first-order valence-corrected chi connectivity index (χ1v) is 7.00. The van der Waals surface area contributed by atoms with Gasteiger partial charge in [-0.2, -0.15) is 15.0 Å². The van der Waals surface area contributed by atoms with Crippen LogP contribution in [-0.4, -0.2) is 48.5 Å². The molecule has 0 saturated carbocycles. The summed E-state index contributed by atoms with van der Waals surface area (Å²) >= 11 is 1.29. The molecular weight excluding hydrogens is 292 g/mol. The average molecular weight is 304 g/mol. The fourth-order valence-corrected chi connectivity index (χ4v) is 2.38. The van der Waals surface area contributed by atoms with Crippen molar-refractivity contribution in [2.24, 2.45) is 0 Å². The summed E-state index contributed by atoms with van der Waals surface area (Å²) in [6.45, 7) is 2.35. The zero-order valence-electron chi connectivity index (χ0n) is 11.4. The van der Waals surface area contributed by atoms with Crippen LogP contribution in [0.2, 0.25) is 0 Å². The second kappa shape index (κ2) is 5.87. The van der Waals surface area contributed by atoms with Crippen molar-refractivity contribution in [3.63, 3.8) is 0 Å². The lowest BCUT2D eigenvalue weighted by Gasteiger charge is -2.06. The molecule has 0 amide bonds. The largest absolute Gasteiger partial charge is 0.464 e. The number of anilines is 1. The van der Waals surface area contributed by atoms with E-state index in [0.29, 0.717) is 28.4 Å². The smallest absolute Gasteiger partial charge is 0.322 e. The summed E-state index contributed by atoms with van der Waals surface area (Å²) in [7, 11) is 1.73. The number of nitrogens with zero attached hydrogens (tertiary/aromatic N) is 6. The average Bonchev–Trinajstić information content (AvgIpc) is 2.97. The van der Waals surface area contributed by atoms with E-state index in [-0.39, 0.29) is 6.01 Å². The number of hydrogen-bond donors (Lipinski definition) is 2. The number of nitrogens with one attached hydrogen (secondary N) is 2. The molecule has 0 aromatic carbocycles. The van der Waals surface area contributed by atoms with Crippen molar-refractivity contribution in [3.05, 3.63) is 12.7 Å². The summed E-state index contributed by atoms with van der Waals surface area (Å²) in [5.41, 5.74) is 1.34. The van der Waals surface area contributed by atoms with E-state index in [1.165, 1.54) is 18.1 Å². The van der Waals surface area contributed by atoms with Crippen LogP contribution >= 0.6 is 11.8 Å². The van der Waals surface area contributed by atoms with E-state index in [2.05, 4.69) is 40.2 Å². The highest BCUT2D eigenvalue weighted by atomic mass is 32.2. The molecule has 0 radical (unpaired) electrons. The maximum absolute atomic E-state index is 5.33. The molecule has 21 heavy (non-hydrogen) atoms. The summed E-state index contributed by atoms with van der Waals surface area (Å²) < 4.78 is 5.33. The minimum atomic E-state index is 0.272. The van der Waals surface area contributed by atoms with Gasteiger partial charge in [0.25, 0.3) is 0 Å². The fraction of sp³-hybridized carbons (Fsp3) is 0.273. The van der Waals surface area contributed by atoms with Crippen LogP contribution in [0.5, 0.6) is 6.01 Å². The molecule has 2 N–H and O–H groups in total. The van der Waals surface area contributed by atoms with E-state index in [1.807, 2.05) is 6.92 Å². The molecule has 3 heterocycles. The third-order valence-corrected chi connectivity index (χ3v) is 3.34. The molecule has 0 aliphatic rings. The van der Waals surface area contributed by atoms with Crippen LogP contribution in [0.25, 0.3) is 11.2 Å². The molecule has 3 aromatic rings. The highest BCUT2D eigenvalue weighted by molar-refractivity contribution is 7.99. The SMILES string of the molecule is CCOc1nc(NC)nc(Sc2ncnc3nc[nH]c23)n1. The lowest BCUT2D eigenvalue weighted by molar-refractivity contribution is 0.308. The predicted octanol–water partition coefficient (Wildman–Crippen LogP) is 1.13. The predicted molar refractivity (Wildman–Crippen MR) is 76.3 cm³/mol. The van der Waals surface area contributed by atoms with Gasteiger partial charge < -0.3 is 15.0 Å². The summed E-state index contributed by atoms with van der Waals surface area (Å²) in [4.78, 5) is 28.0. The van der Waals surface area contributed by atoms with E-state index in [0.717, 1.165) is 5.52 Å². The molecule has 3 rings (SSSR count). The zero-order chi connectivity index (χ0) is 14.7. The maximum atomic E-state index is 5.33. The molecule has 0 aliphatic carbocycles. The molecule has 3 aromatic heterocycles. The maximum Gasteiger partial charge on any atom is 0.322 e. The summed E-state index contributed by atoms with van der Waals surface area (Å²) in [6.07, 6.45) is 3.02. The Hall–Kier alpha value is -2.49. The van der Waals surface area contributed by atoms with E-state index >= 15 is 0 Å². The van der Waals surface area contributed by atoms with Crippen LogP contribution in [0.1, 0.15) is 6.92 Å². The standard InChI is InChI=1S/C11H12N8OS/c1-3-20-10-17-9(12-2)18-11(19-10)21-8-6-7(14-4-13-6)15-5-16-8/h4-5H,3H2,1-2H3,(H,12,17,18,19)(H,13,14,15,16). The van der Waals surface area contributed by atoms with Gasteiger partial charge in [-0.25, -0.2) is 15.0 Å². The van der Waals surface area contributed by atoms with E-state index in [1.54, 1.807) is 13.4 Å². The van der Waals surface area contributed by atoms with Crippen LogP contribution in [0, 0.1) is 0 Å². The molecule has 0 saturated heterocycles. The molecule has 0 unspecified atom stereocenters. The van der Waals surface area contributed by atoms with Crippen molar-refractivity contribution in [3.8, 4) is 6.01 Å². The monoisotopic (exact) mass is 304 g/mol. The van der Waals surface area contributed by atoms with Gasteiger partial charge in [-0.15, -0.1) is 0 Å². The van der Waals surface area contributed by atoms with Gasteiger partial charge in [-0.05, 0) is 18.7 Å². The van der Waals surface area contributed by atoms with Gasteiger partial charge in [0.2, 0.25) is 11.1 Å². The first-order chi connectivity index (χ1) is 10.3. The normalized spacial score (nSPS) is 10.8. The Labute approximate surface area is 124 Å². The van der Waals surface area contributed by atoms with Gasteiger partial charge in [0.05, 0.1) is 12.9 Å². The Balaban J connectivity index is 1.97. The summed E-state index contributed by atoms with van der Waals surface area (Å²) in [5.74, 6) is 0.436. The van der Waals surface area contributed by atoms with Crippen molar-refractivity contribution in [1.82, 2.24) is 34.9 Å². The van der Waals surface area contributed by atoms with Gasteiger partial charge >= 0.3 is 6.01 Å². The third-order valence-electron chi connectivity index (χ3n) is 2.47. The molecule has 9 nitrogen and oxygen atoms in total. The van der Waals surface area contributed by atoms with Crippen molar-refractivity contribution >= 4 is 28.9 Å². The Morgan fingerprint density at radius 1 is 1.24 bits per heavy atom. The van der Waals surface area contributed by atoms with Crippen LogP contribution in [0.3, 0.4) is 0 Å². The van der Waals surface area contributed by atoms with Crippen LogP contribution in [0.15, 0.2) is 22.8 Å². The van der Waals surface area contributed by atoms with Gasteiger partial charge in [0, 0.05) is 7.05 Å². The molecule has 108 valence electrons. The number of fused-ring (bicyclic) bond motifs is 1. The summed E-state index contributed by atoms with van der Waals surface area (Å²) in [6, 6.07) is 0.272. The summed E-state index contributed by atoms with van der Waals surface area (Å²) in [5, 5.41) is 4.04. The second-order valence-corrected chi connectivity index (χ2v) is 4.75. The van der Waals surface area contributed by atoms with E-state index in [4.69, 9.17) is 4.74 Å². The van der Waals surface area contributed by atoms with Crippen molar-refractivity contribution in [2.45, 2.75) is 17.1 Å². The van der Waals surface area contributed by atoms with Gasteiger partial charge in [0.15, 0.2) is 5.65 Å². The number of aromatic amines is 1. The molecule has 0 aliphatic heterocycles. The lowest BCUT2D eigenvalue weighted by atomic mass is 10.6. The second-order valence-electron chi connectivity index (χ2n) is 3.79. The number of hydrogen-bond acceptors (Lipinski definition) is 9. The molecule has 0 fully saturated rings. The molecule has 10 heteroatoms. The topological polar surface area (TPSA) is 114 Å².